The molecule has 1 saturated heterocycles. The van der Waals surface area contributed by atoms with Gasteiger partial charge in [-0.2, -0.15) is 0 Å². The number of amides is 2. The zero-order valence-electron chi connectivity index (χ0n) is 17.8. The van der Waals surface area contributed by atoms with Crippen molar-refractivity contribution in [2.24, 2.45) is 11.8 Å². The van der Waals surface area contributed by atoms with Crippen LogP contribution in [0.25, 0.3) is 0 Å². The molecule has 11 heteroatoms. The molecule has 2 amide bonds. The van der Waals surface area contributed by atoms with Crippen molar-refractivity contribution in [3.8, 4) is 28.7 Å². The number of hydrogen-bond acceptors (Lipinski definition) is 9. The second kappa shape index (κ2) is 7.93. The van der Waals surface area contributed by atoms with E-state index in [0.29, 0.717) is 28.2 Å². The normalized spacial score (nSPS) is 24.4. The van der Waals surface area contributed by atoms with Gasteiger partial charge in [0.05, 0.1) is 32.8 Å². The molecular formula is C22H22N2O9. The highest BCUT2D eigenvalue weighted by Gasteiger charge is 2.53. The van der Waals surface area contributed by atoms with E-state index >= 15 is 0 Å². The number of hydrogen-bond donors (Lipinski definition) is 4. The van der Waals surface area contributed by atoms with Crippen LogP contribution >= 0.6 is 0 Å². The van der Waals surface area contributed by atoms with Gasteiger partial charge < -0.3 is 34.1 Å². The first-order chi connectivity index (χ1) is 16.0. The maximum absolute atomic E-state index is 12.9. The summed E-state index contributed by atoms with van der Waals surface area (Å²) in [5, 5.41) is 22.2. The standard InChI is InChI=1S/C22H22N2O9/c1-29-15-3-9(4-16(30-2)20(15)25)17-10-5-13-14(33-8-32-13)6-11(10)19(23-22(27)24-28)12-7-31-21(26)18(12)17/h3-6,12,17-19,25,28H,7-8H2,1-2H3,(H2,23,24,27)/t12-,17+,18-,19+/m0/s1. The van der Waals surface area contributed by atoms with Gasteiger partial charge in [0.15, 0.2) is 23.0 Å². The third-order valence-electron chi connectivity index (χ3n) is 6.44. The number of rotatable bonds is 4. The Morgan fingerprint density at radius 2 is 1.67 bits per heavy atom. The Hall–Kier alpha value is -3.86. The number of phenolic OH excluding ortho intramolecular Hbond substituents is 1. The Kier molecular flexibility index (Phi) is 5.05. The number of esters is 1. The van der Waals surface area contributed by atoms with Crippen molar-refractivity contribution >= 4 is 12.0 Å². The average Bonchev–Trinajstić information content (AvgIpc) is 3.44. The summed E-state index contributed by atoms with van der Waals surface area (Å²) < 4.78 is 27.2. The van der Waals surface area contributed by atoms with Crippen LogP contribution in [0.3, 0.4) is 0 Å². The molecule has 1 aliphatic carbocycles. The fourth-order valence-corrected chi connectivity index (χ4v) is 5.01. The highest BCUT2D eigenvalue weighted by atomic mass is 16.7. The van der Waals surface area contributed by atoms with E-state index in [1.807, 2.05) is 0 Å². The number of hydroxylamine groups is 1. The summed E-state index contributed by atoms with van der Waals surface area (Å²) in [5.41, 5.74) is 3.63. The largest absolute Gasteiger partial charge is 0.502 e. The molecule has 1 fully saturated rings. The zero-order chi connectivity index (χ0) is 23.3. The Balaban J connectivity index is 1.74. The van der Waals surface area contributed by atoms with Gasteiger partial charge >= 0.3 is 12.0 Å². The first kappa shape index (κ1) is 21.0. The second-order valence-corrected chi connectivity index (χ2v) is 7.97. The van der Waals surface area contributed by atoms with Crippen molar-refractivity contribution in [2.45, 2.75) is 12.0 Å². The SMILES string of the molecule is COc1cc([C@@H]2c3cc4c(cc3[C@@H](NC(=O)NO)[C@H]3COC(=O)[C@H]23)OCO4)cc(OC)c1O. The summed E-state index contributed by atoms with van der Waals surface area (Å²) in [5.74, 6) is -0.804. The van der Waals surface area contributed by atoms with Crippen molar-refractivity contribution in [3.05, 3.63) is 41.0 Å². The summed E-state index contributed by atoms with van der Waals surface area (Å²) in [4.78, 5) is 25.0. The lowest BCUT2D eigenvalue weighted by molar-refractivity contribution is -0.141. The summed E-state index contributed by atoms with van der Waals surface area (Å²) in [7, 11) is 2.84. The number of fused-ring (bicyclic) bond motifs is 3. The molecule has 2 aliphatic heterocycles. The summed E-state index contributed by atoms with van der Waals surface area (Å²) >= 11 is 0. The predicted molar refractivity (Wildman–Crippen MR) is 110 cm³/mol. The molecule has 11 nitrogen and oxygen atoms in total. The molecular weight excluding hydrogens is 436 g/mol. The van der Waals surface area contributed by atoms with Gasteiger partial charge in [0.25, 0.3) is 0 Å². The summed E-state index contributed by atoms with van der Waals surface area (Å²) in [6.07, 6.45) is 0. The van der Waals surface area contributed by atoms with Gasteiger partial charge in [0, 0.05) is 11.8 Å². The molecule has 2 aromatic carbocycles. The number of phenols is 1. The number of cyclic esters (lactones) is 1. The zero-order valence-corrected chi connectivity index (χ0v) is 17.8. The van der Waals surface area contributed by atoms with E-state index in [1.54, 1.807) is 29.7 Å². The Labute approximate surface area is 188 Å². The molecule has 3 aliphatic rings. The molecule has 5 rings (SSSR count). The average molecular weight is 458 g/mol. The number of ether oxygens (including phenoxy) is 5. The lowest BCUT2D eigenvalue weighted by Gasteiger charge is -2.39. The van der Waals surface area contributed by atoms with Crippen LogP contribution in [-0.4, -0.2) is 49.9 Å². The fraction of sp³-hybridized carbons (Fsp3) is 0.364. The molecule has 0 radical (unpaired) electrons. The van der Waals surface area contributed by atoms with Gasteiger partial charge in [0.2, 0.25) is 12.5 Å². The molecule has 2 aromatic rings. The van der Waals surface area contributed by atoms with Gasteiger partial charge in [-0.3, -0.25) is 10.0 Å². The molecule has 0 unspecified atom stereocenters. The molecule has 0 bridgehead atoms. The minimum atomic E-state index is -0.812. The number of carbonyl (C=O) groups excluding carboxylic acids is 2. The number of nitrogens with one attached hydrogen (secondary N) is 2. The van der Waals surface area contributed by atoms with E-state index in [9.17, 15) is 14.7 Å². The topological polar surface area (TPSA) is 145 Å². The van der Waals surface area contributed by atoms with E-state index in [1.165, 1.54) is 14.2 Å². The maximum Gasteiger partial charge on any atom is 0.339 e. The molecule has 0 aromatic heterocycles. The lowest BCUT2D eigenvalue weighted by atomic mass is 9.65. The van der Waals surface area contributed by atoms with Crippen LogP contribution in [-0.2, 0) is 9.53 Å². The molecule has 0 spiro atoms. The van der Waals surface area contributed by atoms with Crippen LogP contribution in [0.4, 0.5) is 4.79 Å². The van der Waals surface area contributed by atoms with Crippen molar-refractivity contribution in [3.63, 3.8) is 0 Å². The molecule has 4 atom stereocenters. The maximum atomic E-state index is 12.9. The molecule has 174 valence electrons. The molecule has 33 heavy (non-hydrogen) atoms. The summed E-state index contributed by atoms with van der Waals surface area (Å²) in [6.45, 7) is 0.129. The van der Waals surface area contributed by atoms with Gasteiger partial charge in [-0.15, -0.1) is 0 Å². The Morgan fingerprint density at radius 3 is 2.27 bits per heavy atom. The number of methoxy groups -OCH3 is 2. The van der Waals surface area contributed by atoms with E-state index < -0.39 is 35.8 Å². The number of benzene rings is 2. The fourth-order valence-electron chi connectivity index (χ4n) is 5.01. The first-order valence-corrected chi connectivity index (χ1v) is 10.2. The van der Waals surface area contributed by atoms with E-state index in [0.717, 1.165) is 0 Å². The quantitative estimate of drug-likeness (QED) is 0.306. The molecule has 4 N–H and O–H groups in total. The molecule has 0 saturated carbocycles. The van der Waals surface area contributed by atoms with E-state index in [2.05, 4.69) is 5.32 Å². The predicted octanol–water partition coefficient (Wildman–Crippen LogP) is 1.80. The Bertz CT molecular complexity index is 1110. The van der Waals surface area contributed by atoms with E-state index in [4.69, 9.17) is 28.9 Å². The van der Waals surface area contributed by atoms with Gasteiger partial charge in [-0.25, -0.2) is 10.3 Å². The van der Waals surface area contributed by atoms with Crippen molar-refractivity contribution in [2.75, 3.05) is 27.6 Å². The van der Waals surface area contributed by atoms with Crippen molar-refractivity contribution in [1.82, 2.24) is 10.8 Å². The molecule has 2 heterocycles. The van der Waals surface area contributed by atoms with Gasteiger partial charge in [-0.05, 0) is 41.0 Å². The highest BCUT2D eigenvalue weighted by molar-refractivity contribution is 5.80. The number of aromatic hydroxyl groups is 1. The Morgan fingerprint density at radius 1 is 1.03 bits per heavy atom. The lowest BCUT2D eigenvalue weighted by Crippen LogP contribution is -2.45. The van der Waals surface area contributed by atoms with E-state index in [-0.39, 0.29) is 30.6 Å². The monoisotopic (exact) mass is 458 g/mol. The van der Waals surface area contributed by atoms with Crippen LogP contribution in [0.1, 0.15) is 28.7 Å². The van der Waals surface area contributed by atoms with Crippen LogP contribution < -0.4 is 29.7 Å². The van der Waals surface area contributed by atoms with Crippen LogP contribution in [0, 0.1) is 11.8 Å². The second-order valence-electron chi connectivity index (χ2n) is 7.97. The minimum absolute atomic E-state index is 0.0495. The van der Waals surface area contributed by atoms with Crippen molar-refractivity contribution < 1.29 is 43.6 Å². The van der Waals surface area contributed by atoms with Gasteiger partial charge in [-0.1, -0.05) is 0 Å². The smallest absolute Gasteiger partial charge is 0.339 e. The van der Waals surface area contributed by atoms with Crippen LogP contribution in [0.5, 0.6) is 28.7 Å². The summed E-state index contributed by atoms with van der Waals surface area (Å²) in [6, 6.07) is 5.38. The third-order valence-corrected chi connectivity index (χ3v) is 6.44. The highest BCUT2D eigenvalue weighted by Crippen LogP contribution is 2.55. The number of urea groups is 1. The minimum Gasteiger partial charge on any atom is -0.502 e. The number of carbonyl (C=O) groups is 2. The van der Waals surface area contributed by atoms with Gasteiger partial charge in [0.1, 0.15) is 0 Å². The van der Waals surface area contributed by atoms with Crippen LogP contribution in [0.15, 0.2) is 24.3 Å². The van der Waals surface area contributed by atoms with Crippen molar-refractivity contribution in [1.29, 1.82) is 0 Å². The third kappa shape index (κ3) is 3.23. The first-order valence-electron chi connectivity index (χ1n) is 10.2. The van der Waals surface area contributed by atoms with Crippen LogP contribution in [0.2, 0.25) is 0 Å².